The topological polar surface area (TPSA) is 146 Å². The fraction of sp³-hybridized carbons (Fsp3) is 0.677. The van der Waals surface area contributed by atoms with Crippen molar-refractivity contribution in [2.24, 2.45) is 10.8 Å². The van der Waals surface area contributed by atoms with Crippen LogP contribution in [0.3, 0.4) is 0 Å². The zero-order valence-corrected chi connectivity index (χ0v) is 26.8. The molecule has 0 amide bonds. The number of carbonyl (C=O) groups excluding carboxylic acids is 6. The van der Waals surface area contributed by atoms with Crippen molar-refractivity contribution >= 4 is 35.4 Å². The van der Waals surface area contributed by atoms with E-state index in [9.17, 15) is 28.8 Å². The Bertz CT molecular complexity index is 1100. The number of ether oxygens (including phenoxy) is 4. The lowest BCUT2D eigenvalue weighted by Crippen LogP contribution is -2.53. The summed E-state index contributed by atoms with van der Waals surface area (Å²) in [6.45, 7) is 13.8. The molecular formula is C31H46N2O10. The monoisotopic (exact) mass is 606 g/mol. The van der Waals surface area contributed by atoms with Gasteiger partial charge in [0.25, 0.3) is 0 Å². The Morgan fingerprint density at radius 1 is 0.605 bits per heavy atom. The standard InChI is InChI=1S/C31H46N2O10/c1-9-40-26(36)24-16-30(22(7)34,28(38)42-11-3)18-32(20(24)5)14-13-15-33-19-31(23(8)35,29(39)43-12-4)17-25(21(33)6)27(37)41-10-2/h9-19H2,1-8H3. The third-order valence-corrected chi connectivity index (χ3v) is 8.28. The Kier molecular flexibility index (Phi) is 12.5. The Hall–Kier alpha value is -3.70. The van der Waals surface area contributed by atoms with Crippen molar-refractivity contribution in [1.29, 1.82) is 0 Å². The van der Waals surface area contributed by atoms with Crippen LogP contribution in [0.1, 0.15) is 74.7 Å². The Balaban J connectivity index is 2.46. The van der Waals surface area contributed by atoms with Crippen LogP contribution >= 0.6 is 0 Å². The highest BCUT2D eigenvalue weighted by Gasteiger charge is 2.52. The first kappa shape index (κ1) is 35.5. The lowest BCUT2D eigenvalue weighted by molar-refractivity contribution is -0.163. The molecule has 0 N–H and O–H groups in total. The van der Waals surface area contributed by atoms with Crippen LogP contribution in [0.2, 0.25) is 0 Å². The van der Waals surface area contributed by atoms with Crippen LogP contribution in [-0.4, -0.2) is 97.9 Å². The molecule has 0 aromatic carbocycles. The smallest absolute Gasteiger partial charge is 0.335 e. The number of hydrogen-bond acceptors (Lipinski definition) is 12. The maximum absolute atomic E-state index is 13.1. The van der Waals surface area contributed by atoms with Gasteiger partial charge in [0.05, 0.1) is 37.6 Å². The molecule has 2 unspecified atom stereocenters. The van der Waals surface area contributed by atoms with E-state index in [1.807, 2.05) is 0 Å². The first-order valence-electron chi connectivity index (χ1n) is 14.9. The average molecular weight is 607 g/mol. The number of ketones is 2. The van der Waals surface area contributed by atoms with E-state index in [4.69, 9.17) is 18.9 Å². The maximum atomic E-state index is 13.1. The van der Waals surface area contributed by atoms with Gasteiger partial charge in [0.15, 0.2) is 0 Å². The van der Waals surface area contributed by atoms with Gasteiger partial charge in [0.1, 0.15) is 22.4 Å². The predicted octanol–water partition coefficient (Wildman–Crippen LogP) is 2.74. The van der Waals surface area contributed by atoms with Crippen molar-refractivity contribution < 1.29 is 47.7 Å². The first-order valence-corrected chi connectivity index (χ1v) is 14.9. The lowest BCUT2D eigenvalue weighted by Gasteiger charge is -2.43. The minimum Gasteiger partial charge on any atom is -0.465 e. The first-order chi connectivity index (χ1) is 20.3. The summed E-state index contributed by atoms with van der Waals surface area (Å²) >= 11 is 0. The van der Waals surface area contributed by atoms with E-state index >= 15 is 0 Å². The third-order valence-electron chi connectivity index (χ3n) is 8.28. The molecule has 0 fully saturated rings. The quantitative estimate of drug-likeness (QED) is 0.163. The Labute approximate surface area is 253 Å². The van der Waals surface area contributed by atoms with Gasteiger partial charge in [0, 0.05) is 50.4 Å². The molecule has 0 aliphatic carbocycles. The van der Waals surface area contributed by atoms with Crippen molar-refractivity contribution in [3.05, 3.63) is 22.5 Å². The van der Waals surface area contributed by atoms with E-state index in [0.29, 0.717) is 30.9 Å². The average Bonchev–Trinajstić information content (AvgIpc) is 2.95. The van der Waals surface area contributed by atoms with Crippen LogP contribution in [-0.2, 0) is 47.7 Å². The Morgan fingerprint density at radius 2 is 0.930 bits per heavy atom. The van der Waals surface area contributed by atoms with Gasteiger partial charge in [-0.15, -0.1) is 0 Å². The highest BCUT2D eigenvalue weighted by atomic mass is 16.5. The van der Waals surface area contributed by atoms with Gasteiger partial charge < -0.3 is 28.7 Å². The van der Waals surface area contributed by atoms with Crippen molar-refractivity contribution in [3.63, 3.8) is 0 Å². The summed E-state index contributed by atoms with van der Waals surface area (Å²) in [4.78, 5) is 81.6. The summed E-state index contributed by atoms with van der Waals surface area (Å²) in [5, 5.41) is 0. The summed E-state index contributed by atoms with van der Waals surface area (Å²) in [5.41, 5.74) is -1.53. The number of allylic oxidation sites excluding steroid dienone is 2. The zero-order valence-electron chi connectivity index (χ0n) is 26.8. The van der Waals surface area contributed by atoms with Crippen LogP contribution in [0, 0.1) is 10.8 Å². The van der Waals surface area contributed by atoms with Gasteiger partial charge in [-0.2, -0.15) is 0 Å². The molecule has 240 valence electrons. The number of hydrogen-bond donors (Lipinski definition) is 0. The number of nitrogens with zero attached hydrogens (tertiary/aromatic N) is 2. The van der Waals surface area contributed by atoms with E-state index in [1.54, 1.807) is 51.3 Å². The molecule has 12 heteroatoms. The number of carbonyl (C=O) groups is 6. The van der Waals surface area contributed by atoms with Crippen LogP contribution in [0.15, 0.2) is 22.5 Å². The SMILES string of the molecule is CCOC(=O)C1=C(C)N(CCCN2CC(C(C)=O)(C(=O)OCC)CC(C(=O)OCC)=C2C)CC(C(C)=O)(C(=O)OCC)C1. The lowest BCUT2D eigenvalue weighted by atomic mass is 9.74. The molecule has 2 atom stereocenters. The van der Waals surface area contributed by atoms with Gasteiger partial charge in [-0.1, -0.05) is 0 Å². The second kappa shape index (κ2) is 15.2. The van der Waals surface area contributed by atoms with Crippen molar-refractivity contribution in [2.45, 2.75) is 74.7 Å². The van der Waals surface area contributed by atoms with Crippen LogP contribution in [0.4, 0.5) is 0 Å². The second-order valence-electron chi connectivity index (χ2n) is 10.8. The van der Waals surface area contributed by atoms with Crippen molar-refractivity contribution in [3.8, 4) is 0 Å². The molecule has 2 aliphatic rings. The minimum absolute atomic E-state index is 0.0129. The normalized spacial score (nSPS) is 22.2. The molecule has 2 aliphatic heterocycles. The van der Waals surface area contributed by atoms with Gasteiger partial charge in [-0.05, 0) is 61.8 Å². The molecule has 0 bridgehead atoms. The molecule has 0 radical (unpaired) electrons. The summed E-state index contributed by atoms with van der Waals surface area (Å²) in [7, 11) is 0. The Morgan fingerprint density at radius 3 is 1.21 bits per heavy atom. The number of Topliss-reactive ketones (excluding diaryl/α,β-unsaturated/α-hetero) is 2. The van der Waals surface area contributed by atoms with Crippen LogP contribution in [0.25, 0.3) is 0 Å². The molecule has 0 spiro atoms. The molecule has 0 saturated heterocycles. The van der Waals surface area contributed by atoms with Crippen molar-refractivity contribution in [2.75, 3.05) is 52.6 Å². The fourth-order valence-corrected chi connectivity index (χ4v) is 5.63. The summed E-state index contributed by atoms with van der Waals surface area (Å²) in [5.74, 6) is -3.43. The van der Waals surface area contributed by atoms with Gasteiger partial charge in [-0.3, -0.25) is 19.2 Å². The van der Waals surface area contributed by atoms with E-state index in [2.05, 4.69) is 0 Å². The summed E-state index contributed by atoms with van der Waals surface area (Å²) in [6.07, 6.45) is 0.175. The summed E-state index contributed by atoms with van der Waals surface area (Å²) < 4.78 is 21.1. The largest absolute Gasteiger partial charge is 0.465 e. The number of rotatable bonds is 14. The van der Waals surface area contributed by atoms with Gasteiger partial charge in [-0.25, -0.2) is 9.59 Å². The molecule has 2 rings (SSSR count). The fourth-order valence-electron chi connectivity index (χ4n) is 5.63. The van der Waals surface area contributed by atoms with Crippen molar-refractivity contribution in [1.82, 2.24) is 9.80 Å². The maximum Gasteiger partial charge on any atom is 0.335 e. The highest BCUT2D eigenvalue weighted by molar-refractivity contribution is 6.06. The van der Waals surface area contributed by atoms with E-state index in [-0.39, 0.29) is 63.5 Å². The molecule has 0 aromatic rings. The van der Waals surface area contributed by atoms with E-state index in [0.717, 1.165) is 0 Å². The van der Waals surface area contributed by atoms with E-state index < -0.39 is 46.3 Å². The molecular weight excluding hydrogens is 560 g/mol. The van der Waals surface area contributed by atoms with Crippen LogP contribution in [0.5, 0.6) is 0 Å². The highest BCUT2D eigenvalue weighted by Crippen LogP contribution is 2.40. The zero-order chi connectivity index (χ0) is 32.5. The molecule has 0 saturated carbocycles. The van der Waals surface area contributed by atoms with Gasteiger partial charge >= 0.3 is 23.9 Å². The minimum atomic E-state index is -1.58. The second-order valence-corrected chi connectivity index (χ2v) is 10.8. The van der Waals surface area contributed by atoms with E-state index in [1.165, 1.54) is 13.8 Å². The van der Waals surface area contributed by atoms with Gasteiger partial charge in [0.2, 0.25) is 0 Å². The van der Waals surface area contributed by atoms with Crippen LogP contribution < -0.4 is 0 Å². The molecule has 43 heavy (non-hydrogen) atoms. The molecule has 0 aromatic heterocycles. The summed E-state index contributed by atoms with van der Waals surface area (Å²) in [6, 6.07) is 0. The predicted molar refractivity (Wildman–Crippen MR) is 155 cm³/mol. The molecule has 12 nitrogen and oxygen atoms in total. The number of esters is 4. The molecule has 2 heterocycles. The third kappa shape index (κ3) is 7.45.